The van der Waals surface area contributed by atoms with Crippen molar-refractivity contribution in [1.29, 1.82) is 0 Å². The highest BCUT2D eigenvalue weighted by Crippen LogP contribution is 2.39. The van der Waals surface area contributed by atoms with Gasteiger partial charge in [-0.25, -0.2) is 15.0 Å². The van der Waals surface area contributed by atoms with Gasteiger partial charge in [0.05, 0.1) is 0 Å². The fraction of sp³-hybridized carbons (Fsp3) is 0.500. The van der Waals surface area contributed by atoms with Gasteiger partial charge in [-0.05, 0) is 25.2 Å². The first-order chi connectivity index (χ1) is 8.94. The SMILES string of the molecule is Cc1csc(-c2ncc3c(n2)CC(C)(C)CC3N)n1. The normalized spacial score (nSPS) is 21.2. The molecule has 1 aliphatic carbocycles. The summed E-state index contributed by atoms with van der Waals surface area (Å²) in [4.78, 5) is 13.6. The van der Waals surface area contributed by atoms with Gasteiger partial charge in [-0.2, -0.15) is 0 Å². The van der Waals surface area contributed by atoms with Gasteiger partial charge in [0.1, 0.15) is 0 Å². The minimum Gasteiger partial charge on any atom is -0.324 e. The molecule has 0 saturated heterocycles. The number of nitrogens with two attached hydrogens (primary N) is 1. The van der Waals surface area contributed by atoms with Crippen molar-refractivity contribution in [2.45, 2.75) is 39.7 Å². The average molecular weight is 274 g/mol. The molecule has 100 valence electrons. The van der Waals surface area contributed by atoms with Gasteiger partial charge in [-0.3, -0.25) is 0 Å². The number of nitrogens with zero attached hydrogens (tertiary/aromatic N) is 3. The molecule has 0 amide bonds. The van der Waals surface area contributed by atoms with Crippen LogP contribution in [0.15, 0.2) is 11.6 Å². The summed E-state index contributed by atoms with van der Waals surface area (Å²) in [6, 6.07) is 0.0471. The summed E-state index contributed by atoms with van der Waals surface area (Å²) in [6.07, 6.45) is 3.82. The molecule has 0 fully saturated rings. The number of rotatable bonds is 1. The van der Waals surface area contributed by atoms with Gasteiger partial charge >= 0.3 is 0 Å². The molecule has 1 atom stereocenters. The quantitative estimate of drug-likeness (QED) is 0.868. The van der Waals surface area contributed by atoms with E-state index in [0.717, 1.165) is 40.6 Å². The molecule has 0 spiro atoms. The van der Waals surface area contributed by atoms with E-state index in [4.69, 9.17) is 10.7 Å². The number of hydrogen-bond acceptors (Lipinski definition) is 5. The van der Waals surface area contributed by atoms with Crippen LogP contribution in [0.4, 0.5) is 0 Å². The Hall–Kier alpha value is -1.33. The van der Waals surface area contributed by atoms with E-state index >= 15 is 0 Å². The minimum atomic E-state index is 0.0471. The van der Waals surface area contributed by atoms with Gasteiger partial charge in [0.15, 0.2) is 10.8 Å². The van der Waals surface area contributed by atoms with Crippen molar-refractivity contribution in [2.24, 2.45) is 11.1 Å². The third kappa shape index (κ3) is 2.40. The lowest BCUT2D eigenvalue weighted by Gasteiger charge is -2.34. The fourth-order valence-corrected chi connectivity index (χ4v) is 3.40. The Morgan fingerprint density at radius 1 is 1.37 bits per heavy atom. The Morgan fingerprint density at radius 3 is 2.84 bits per heavy atom. The largest absolute Gasteiger partial charge is 0.324 e. The van der Waals surface area contributed by atoms with Gasteiger partial charge < -0.3 is 5.73 Å². The molecule has 0 bridgehead atoms. The molecular formula is C14H18N4S. The summed E-state index contributed by atoms with van der Waals surface area (Å²) in [5.74, 6) is 0.724. The van der Waals surface area contributed by atoms with E-state index in [1.807, 2.05) is 18.5 Å². The van der Waals surface area contributed by atoms with E-state index in [0.29, 0.717) is 0 Å². The standard InChI is InChI=1S/C14H18N4S/c1-8-7-19-13(17-8)12-16-6-9-10(15)4-14(2,3)5-11(9)18-12/h6-7,10H,4-5,15H2,1-3H3. The molecule has 19 heavy (non-hydrogen) atoms. The molecule has 2 aromatic heterocycles. The molecule has 2 aromatic rings. The fourth-order valence-electron chi connectivity index (χ4n) is 2.67. The predicted molar refractivity (Wildman–Crippen MR) is 76.9 cm³/mol. The molecule has 1 unspecified atom stereocenters. The van der Waals surface area contributed by atoms with Crippen molar-refractivity contribution in [3.63, 3.8) is 0 Å². The minimum absolute atomic E-state index is 0.0471. The van der Waals surface area contributed by atoms with E-state index in [2.05, 4.69) is 23.8 Å². The molecule has 1 aliphatic rings. The molecule has 2 N–H and O–H groups in total. The number of aromatic nitrogens is 3. The van der Waals surface area contributed by atoms with Crippen molar-refractivity contribution in [3.8, 4) is 10.8 Å². The molecule has 0 aliphatic heterocycles. The second-order valence-electron chi connectivity index (χ2n) is 6.04. The zero-order valence-corrected chi connectivity index (χ0v) is 12.3. The van der Waals surface area contributed by atoms with Crippen LogP contribution in [0.2, 0.25) is 0 Å². The Kier molecular flexibility index (Phi) is 2.91. The number of aryl methyl sites for hydroxylation is 1. The predicted octanol–water partition coefficient (Wildman–Crippen LogP) is 2.88. The number of fused-ring (bicyclic) bond motifs is 1. The van der Waals surface area contributed by atoms with Crippen molar-refractivity contribution in [3.05, 3.63) is 28.5 Å². The van der Waals surface area contributed by atoms with Gasteiger partial charge in [0.2, 0.25) is 0 Å². The van der Waals surface area contributed by atoms with E-state index in [-0.39, 0.29) is 11.5 Å². The van der Waals surface area contributed by atoms with Crippen LogP contribution in [0, 0.1) is 12.3 Å². The molecule has 0 aromatic carbocycles. The number of hydrogen-bond donors (Lipinski definition) is 1. The van der Waals surface area contributed by atoms with E-state index in [1.165, 1.54) is 0 Å². The summed E-state index contributed by atoms with van der Waals surface area (Å²) < 4.78 is 0. The zero-order valence-electron chi connectivity index (χ0n) is 11.5. The third-order valence-electron chi connectivity index (χ3n) is 3.53. The Bertz CT molecular complexity index is 618. The van der Waals surface area contributed by atoms with Gasteiger partial charge in [-0.1, -0.05) is 13.8 Å². The van der Waals surface area contributed by atoms with Crippen LogP contribution in [0.25, 0.3) is 10.8 Å². The summed E-state index contributed by atoms with van der Waals surface area (Å²) >= 11 is 1.59. The van der Waals surface area contributed by atoms with Crippen LogP contribution in [0.3, 0.4) is 0 Å². The Labute approximate surface area is 117 Å². The van der Waals surface area contributed by atoms with Crippen LogP contribution in [0.5, 0.6) is 0 Å². The number of thiazole rings is 1. The van der Waals surface area contributed by atoms with Crippen LogP contribution in [0.1, 0.15) is 43.3 Å². The van der Waals surface area contributed by atoms with Crippen LogP contribution in [-0.2, 0) is 6.42 Å². The lowest BCUT2D eigenvalue weighted by atomic mass is 9.74. The second-order valence-corrected chi connectivity index (χ2v) is 6.90. The maximum absolute atomic E-state index is 6.22. The smallest absolute Gasteiger partial charge is 0.188 e. The average Bonchev–Trinajstić information content (AvgIpc) is 2.73. The highest BCUT2D eigenvalue weighted by molar-refractivity contribution is 7.13. The summed E-state index contributed by atoms with van der Waals surface area (Å²) in [5.41, 5.74) is 9.62. The van der Waals surface area contributed by atoms with E-state index in [1.54, 1.807) is 11.3 Å². The Morgan fingerprint density at radius 2 is 2.16 bits per heavy atom. The summed E-state index contributed by atoms with van der Waals surface area (Å²) in [6.45, 7) is 6.47. The molecule has 0 radical (unpaired) electrons. The van der Waals surface area contributed by atoms with E-state index in [9.17, 15) is 0 Å². The summed E-state index contributed by atoms with van der Waals surface area (Å²) in [5, 5.41) is 2.91. The molecular weight excluding hydrogens is 256 g/mol. The highest BCUT2D eigenvalue weighted by atomic mass is 32.1. The maximum atomic E-state index is 6.22. The lowest BCUT2D eigenvalue weighted by molar-refractivity contribution is 0.278. The molecule has 0 saturated carbocycles. The van der Waals surface area contributed by atoms with Crippen molar-refractivity contribution in [1.82, 2.24) is 15.0 Å². The first-order valence-corrected chi connectivity index (χ1v) is 7.36. The van der Waals surface area contributed by atoms with Crippen molar-refractivity contribution >= 4 is 11.3 Å². The summed E-state index contributed by atoms with van der Waals surface area (Å²) in [7, 11) is 0. The second kappa shape index (κ2) is 4.35. The zero-order chi connectivity index (χ0) is 13.6. The monoisotopic (exact) mass is 274 g/mol. The van der Waals surface area contributed by atoms with Crippen LogP contribution >= 0.6 is 11.3 Å². The first-order valence-electron chi connectivity index (χ1n) is 6.48. The van der Waals surface area contributed by atoms with E-state index < -0.39 is 0 Å². The van der Waals surface area contributed by atoms with Crippen molar-refractivity contribution in [2.75, 3.05) is 0 Å². The molecule has 2 heterocycles. The van der Waals surface area contributed by atoms with Gasteiger partial charge in [0.25, 0.3) is 0 Å². The van der Waals surface area contributed by atoms with Crippen LogP contribution < -0.4 is 5.73 Å². The third-order valence-corrected chi connectivity index (χ3v) is 4.48. The topological polar surface area (TPSA) is 64.7 Å². The maximum Gasteiger partial charge on any atom is 0.188 e. The van der Waals surface area contributed by atoms with Crippen molar-refractivity contribution < 1.29 is 0 Å². The lowest BCUT2D eigenvalue weighted by Crippen LogP contribution is -2.30. The first kappa shape index (κ1) is 12.7. The van der Waals surface area contributed by atoms with Crippen LogP contribution in [-0.4, -0.2) is 15.0 Å². The van der Waals surface area contributed by atoms with Gasteiger partial charge in [0, 0.05) is 34.6 Å². The molecule has 3 rings (SSSR count). The Balaban J connectivity index is 2.04. The molecule has 5 heteroatoms. The molecule has 4 nitrogen and oxygen atoms in total. The van der Waals surface area contributed by atoms with Gasteiger partial charge in [-0.15, -0.1) is 11.3 Å². The highest BCUT2D eigenvalue weighted by Gasteiger charge is 2.31.